The van der Waals surface area contributed by atoms with Gasteiger partial charge in [0.1, 0.15) is 0 Å². The predicted molar refractivity (Wildman–Crippen MR) is 100 cm³/mol. The van der Waals surface area contributed by atoms with Gasteiger partial charge in [-0.25, -0.2) is 0 Å². The first kappa shape index (κ1) is 23.0. The summed E-state index contributed by atoms with van der Waals surface area (Å²) in [6.07, 6.45) is 0.806. The number of nitrogens with zero attached hydrogens (tertiary/aromatic N) is 3. The molecule has 0 saturated heterocycles. The molecule has 0 aromatic heterocycles. The first-order chi connectivity index (χ1) is 13.7. The van der Waals surface area contributed by atoms with Crippen LogP contribution in [0.3, 0.4) is 0 Å². The summed E-state index contributed by atoms with van der Waals surface area (Å²) < 4.78 is 10.4. The van der Waals surface area contributed by atoms with Crippen molar-refractivity contribution in [1.82, 2.24) is 0 Å². The van der Waals surface area contributed by atoms with E-state index in [0.29, 0.717) is 18.7 Å². The molecule has 0 bridgehead atoms. The zero-order valence-electron chi connectivity index (χ0n) is 15.4. The van der Waals surface area contributed by atoms with Crippen molar-refractivity contribution in [1.29, 1.82) is 0 Å². The molecule has 2 rings (SSSR count). The minimum Gasteiger partial charge on any atom is -0.497 e. The molecule has 3 N–H and O–H groups in total. The van der Waals surface area contributed by atoms with Crippen LogP contribution in [0.15, 0.2) is 30.3 Å². The Labute approximate surface area is 163 Å². The van der Waals surface area contributed by atoms with Gasteiger partial charge in [0.15, 0.2) is 11.5 Å². The van der Waals surface area contributed by atoms with Gasteiger partial charge in [-0.3, -0.25) is 30.3 Å². The van der Waals surface area contributed by atoms with Crippen molar-refractivity contribution in [2.24, 2.45) is 5.73 Å². The molecule has 156 valence electrons. The van der Waals surface area contributed by atoms with Crippen molar-refractivity contribution < 1.29 is 29.4 Å². The smallest absolute Gasteiger partial charge is 0.324 e. The maximum atomic E-state index is 10.4. The van der Waals surface area contributed by atoms with Crippen molar-refractivity contribution in [2.75, 3.05) is 20.8 Å². The molecule has 0 heterocycles. The Morgan fingerprint density at radius 1 is 0.966 bits per heavy atom. The number of hydrogen-bond donors (Lipinski definition) is 2. The number of benzene rings is 2. The molecule has 0 aliphatic rings. The third-order valence-electron chi connectivity index (χ3n) is 3.56. The maximum Gasteiger partial charge on any atom is 0.324 e. The molecule has 0 aliphatic heterocycles. The highest BCUT2D eigenvalue weighted by Gasteiger charge is 2.30. The Hall–Kier alpha value is -4.00. The predicted octanol–water partition coefficient (Wildman–Crippen LogP) is 2.32. The number of aromatic hydroxyl groups is 1. The molecular weight excluding hydrogens is 392 g/mol. The van der Waals surface area contributed by atoms with E-state index in [4.69, 9.17) is 20.3 Å². The zero-order valence-corrected chi connectivity index (χ0v) is 15.4. The van der Waals surface area contributed by atoms with Gasteiger partial charge < -0.3 is 20.3 Å². The van der Waals surface area contributed by atoms with Crippen LogP contribution in [-0.2, 0) is 6.42 Å². The second kappa shape index (κ2) is 10.4. The summed E-state index contributed by atoms with van der Waals surface area (Å²) in [5.41, 5.74) is 3.56. The molecule has 0 aliphatic carbocycles. The van der Waals surface area contributed by atoms with Crippen LogP contribution in [0.4, 0.5) is 17.1 Å². The van der Waals surface area contributed by atoms with Crippen molar-refractivity contribution in [2.45, 2.75) is 6.42 Å². The summed E-state index contributed by atoms with van der Waals surface area (Å²) >= 11 is 0. The van der Waals surface area contributed by atoms with Crippen molar-refractivity contribution in [3.05, 3.63) is 66.2 Å². The normalized spacial score (nSPS) is 9.76. The molecule has 13 heteroatoms. The van der Waals surface area contributed by atoms with Crippen LogP contribution in [0.2, 0.25) is 0 Å². The monoisotopic (exact) mass is 410 g/mol. The highest BCUT2D eigenvalue weighted by atomic mass is 16.6. The van der Waals surface area contributed by atoms with Crippen LogP contribution in [-0.4, -0.2) is 40.6 Å². The second-order valence-electron chi connectivity index (χ2n) is 5.30. The molecule has 0 fully saturated rings. The third-order valence-corrected chi connectivity index (χ3v) is 3.56. The lowest BCUT2D eigenvalue weighted by molar-refractivity contribution is -0.404. The van der Waals surface area contributed by atoms with E-state index in [2.05, 4.69) is 0 Å². The molecule has 2 aromatic rings. The van der Waals surface area contributed by atoms with Gasteiger partial charge in [-0.15, -0.1) is 0 Å². The minimum atomic E-state index is -1.21. The average molecular weight is 410 g/mol. The van der Waals surface area contributed by atoms with Gasteiger partial charge in [-0.1, -0.05) is 12.1 Å². The van der Waals surface area contributed by atoms with E-state index in [9.17, 15) is 30.3 Å². The third kappa shape index (κ3) is 5.74. The summed E-state index contributed by atoms with van der Waals surface area (Å²) in [7, 11) is 3.27. The van der Waals surface area contributed by atoms with Gasteiger partial charge in [0, 0.05) is 0 Å². The molecule has 0 amide bonds. The Morgan fingerprint density at radius 3 is 1.90 bits per heavy atom. The largest absolute Gasteiger partial charge is 0.497 e. The minimum absolute atomic E-state index is 0.447. The van der Waals surface area contributed by atoms with E-state index in [1.165, 1.54) is 0 Å². The maximum absolute atomic E-state index is 10.4. The summed E-state index contributed by atoms with van der Waals surface area (Å²) in [6, 6.07) is 6.70. The van der Waals surface area contributed by atoms with E-state index in [-0.39, 0.29) is 0 Å². The number of nitrogens with two attached hydrogens (primary N) is 1. The van der Waals surface area contributed by atoms with E-state index < -0.39 is 37.6 Å². The lowest BCUT2D eigenvalue weighted by Crippen LogP contribution is -2.04. The molecule has 13 nitrogen and oxygen atoms in total. The van der Waals surface area contributed by atoms with Crippen molar-refractivity contribution in [3.8, 4) is 17.2 Å². The number of non-ortho nitro benzene ring substituents is 1. The van der Waals surface area contributed by atoms with Crippen LogP contribution >= 0.6 is 0 Å². The molecule has 0 saturated carbocycles. The summed E-state index contributed by atoms with van der Waals surface area (Å²) in [4.78, 5) is 27.8. The molecule has 0 radical (unpaired) electrons. The van der Waals surface area contributed by atoms with Crippen LogP contribution in [0.5, 0.6) is 17.2 Å². The molecule has 0 atom stereocenters. The SMILES string of the molecule is COc1cccc(CCN)c1OC.O=[N+]([O-])c1cc([N+](=O)[O-])c(O)c([N+](=O)[O-])c1. The Bertz CT molecular complexity index is 882. The molecule has 2 aromatic carbocycles. The average Bonchev–Trinajstić information content (AvgIpc) is 2.67. The fourth-order valence-electron chi connectivity index (χ4n) is 2.28. The van der Waals surface area contributed by atoms with Gasteiger partial charge in [-0.2, -0.15) is 0 Å². The van der Waals surface area contributed by atoms with Crippen LogP contribution < -0.4 is 15.2 Å². The van der Waals surface area contributed by atoms with E-state index in [1.807, 2.05) is 18.2 Å². The molecular formula is C16H18N4O9. The highest BCUT2D eigenvalue weighted by molar-refractivity contribution is 5.64. The number of phenolic OH excluding ortho intramolecular Hbond substituents is 1. The molecule has 29 heavy (non-hydrogen) atoms. The number of methoxy groups -OCH3 is 2. The summed E-state index contributed by atoms with van der Waals surface area (Å²) in [5, 5.41) is 40.2. The first-order valence-corrected chi connectivity index (χ1v) is 7.88. The fourth-order valence-corrected chi connectivity index (χ4v) is 2.28. The quantitative estimate of drug-likeness (QED) is 0.505. The number of nitro benzene ring substituents is 3. The number of para-hydroxylation sites is 1. The summed E-state index contributed by atoms with van der Waals surface area (Å²) in [6.45, 7) is 0.615. The lowest BCUT2D eigenvalue weighted by atomic mass is 10.1. The van der Waals surface area contributed by atoms with Gasteiger partial charge in [0.25, 0.3) is 11.4 Å². The number of nitro groups is 3. The highest BCUT2D eigenvalue weighted by Crippen LogP contribution is 2.39. The number of ether oxygens (including phenoxy) is 2. The van der Waals surface area contributed by atoms with Crippen LogP contribution in [0.1, 0.15) is 5.56 Å². The molecule has 0 unspecified atom stereocenters. The zero-order chi connectivity index (χ0) is 22.1. The standard InChI is InChI=1S/C10H15NO2.C6H3N3O7/c1-12-9-5-3-4-8(6-7-11)10(9)13-2;10-6-4(8(13)14)1-3(7(11)12)2-5(6)9(15)16/h3-5H,6-7,11H2,1-2H3;1-2,10H. The van der Waals surface area contributed by atoms with Crippen molar-refractivity contribution >= 4 is 17.1 Å². The van der Waals surface area contributed by atoms with E-state index in [0.717, 1.165) is 23.5 Å². The van der Waals surface area contributed by atoms with Crippen molar-refractivity contribution in [3.63, 3.8) is 0 Å². The number of phenols is 1. The van der Waals surface area contributed by atoms with Gasteiger partial charge in [0.05, 0.1) is 41.1 Å². The van der Waals surface area contributed by atoms with E-state index in [1.54, 1.807) is 14.2 Å². The van der Waals surface area contributed by atoms with Gasteiger partial charge in [-0.05, 0) is 24.6 Å². The van der Waals surface area contributed by atoms with Gasteiger partial charge >= 0.3 is 11.4 Å². The summed E-state index contributed by atoms with van der Waals surface area (Å²) in [5.74, 6) is 0.338. The Kier molecular flexibility index (Phi) is 8.23. The van der Waals surface area contributed by atoms with Gasteiger partial charge in [0.2, 0.25) is 0 Å². The number of rotatable bonds is 7. The van der Waals surface area contributed by atoms with E-state index >= 15 is 0 Å². The second-order valence-corrected chi connectivity index (χ2v) is 5.30. The van der Waals surface area contributed by atoms with Crippen LogP contribution in [0.25, 0.3) is 0 Å². The lowest BCUT2D eigenvalue weighted by Gasteiger charge is -2.11. The Balaban J connectivity index is 0.000000296. The molecule has 0 spiro atoms. The topological polar surface area (TPSA) is 194 Å². The first-order valence-electron chi connectivity index (χ1n) is 7.88. The van der Waals surface area contributed by atoms with Crippen LogP contribution in [0, 0.1) is 30.3 Å². The number of hydrogen-bond acceptors (Lipinski definition) is 10. The fraction of sp³-hybridized carbons (Fsp3) is 0.250. The Morgan fingerprint density at radius 2 is 1.52 bits per heavy atom.